The van der Waals surface area contributed by atoms with E-state index >= 15 is 0 Å². The Morgan fingerprint density at radius 1 is 1.53 bits per heavy atom. The summed E-state index contributed by atoms with van der Waals surface area (Å²) in [6.45, 7) is 2.00. The minimum Gasteiger partial charge on any atom is -0.478 e. The van der Waals surface area contributed by atoms with Gasteiger partial charge >= 0.3 is 5.97 Å². The van der Waals surface area contributed by atoms with E-state index in [4.69, 9.17) is 5.11 Å². The topological polar surface area (TPSA) is 49.3 Å². The van der Waals surface area contributed by atoms with Gasteiger partial charge in [0.25, 0.3) is 0 Å². The van der Waals surface area contributed by atoms with Gasteiger partial charge in [0.05, 0.1) is 5.56 Å². The number of rotatable bonds is 3. The highest BCUT2D eigenvalue weighted by molar-refractivity contribution is 7.99. The minimum atomic E-state index is -0.869. The van der Waals surface area contributed by atoms with E-state index in [9.17, 15) is 4.79 Å². The van der Waals surface area contributed by atoms with Crippen LogP contribution in [0.4, 0.5) is 5.69 Å². The number of carbonyl (C=O) groups is 1. The molecule has 2 rings (SSSR count). The van der Waals surface area contributed by atoms with Crippen LogP contribution in [-0.4, -0.2) is 28.6 Å². The number of thioether (sulfide) groups is 1. The number of nitrogens with one attached hydrogen (secondary N) is 1. The molecule has 1 atom stereocenters. The van der Waals surface area contributed by atoms with Crippen LogP contribution < -0.4 is 5.32 Å². The number of anilines is 1. The summed E-state index contributed by atoms with van der Waals surface area (Å²) in [4.78, 5) is 10.9. The van der Waals surface area contributed by atoms with Crippen LogP contribution in [0.1, 0.15) is 28.8 Å². The molecular weight excluding hydrogens is 234 g/mol. The number of hydrogen-bond donors (Lipinski definition) is 2. The van der Waals surface area contributed by atoms with E-state index in [0.717, 1.165) is 17.0 Å². The highest BCUT2D eigenvalue weighted by Crippen LogP contribution is 2.23. The average Bonchev–Trinajstić information content (AvgIpc) is 2.33. The summed E-state index contributed by atoms with van der Waals surface area (Å²) >= 11 is 1.96. The molecule has 0 radical (unpaired) electrons. The van der Waals surface area contributed by atoms with Crippen molar-refractivity contribution in [3.05, 3.63) is 29.3 Å². The van der Waals surface area contributed by atoms with E-state index in [2.05, 4.69) is 5.32 Å². The molecule has 1 saturated heterocycles. The second-order valence-electron chi connectivity index (χ2n) is 4.39. The third kappa shape index (κ3) is 3.16. The molecule has 1 unspecified atom stereocenters. The van der Waals surface area contributed by atoms with E-state index in [1.165, 1.54) is 18.6 Å². The van der Waals surface area contributed by atoms with Gasteiger partial charge in [0.2, 0.25) is 0 Å². The molecule has 2 N–H and O–H groups in total. The van der Waals surface area contributed by atoms with Crippen LogP contribution >= 0.6 is 11.8 Å². The quantitative estimate of drug-likeness (QED) is 0.867. The average molecular weight is 251 g/mol. The summed E-state index contributed by atoms with van der Waals surface area (Å²) in [6.07, 6.45) is 2.41. The van der Waals surface area contributed by atoms with Crippen molar-refractivity contribution >= 4 is 23.4 Å². The largest absolute Gasteiger partial charge is 0.478 e. The third-order valence-electron chi connectivity index (χ3n) is 3.00. The summed E-state index contributed by atoms with van der Waals surface area (Å²) in [5.41, 5.74) is 2.41. The van der Waals surface area contributed by atoms with Crippen LogP contribution in [0.3, 0.4) is 0 Å². The Bertz CT molecular complexity index is 414. The van der Waals surface area contributed by atoms with Crippen LogP contribution in [0.5, 0.6) is 0 Å². The summed E-state index contributed by atoms with van der Waals surface area (Å²) in [6, 6.07) is 5.72. The predicted octanol–water partition coefficient (Wildman–Crippen LogP) is 3.00. The van der Waals surface area contributed by atoms with Crippen LogP contribution in [0.25, 0.3) is 0 Å². The van der Waals surface area contributed by atoms with Crippen LogP contribution in [0.15, 0.2) is 18.2 Å². The van der Waals surface area contributed by atoms with Gasteiger partial charge in [-0.3, -0.25) is 0 Å². The lowest BCUT2D eigenvalue weighted by Gasteiger charge is -2.24. The first-order valence-electron chi connectivity index (χ1n) is 5.85. The van der Waals surface area contributed by atoms with Gasteiger partial charge in [-0.25, -0.2) is 4.79 Å². The predicted molar refractivity (Wildman–Crippen MR) is 72.1 cm³/mol. The first-order chi connectivity index (χ1) is 8.16. The van der Waals surface area contributed by atoms with Crippen molar-refractivity contribution in [1.82, 2.24) is 0 Å². The molecule has 1 aliphatic rings. The zero-order valence-corrected chi connectivity index (χ0v) is 10.7. The van der Waals surface area contributed by atoms with E-state index in [1.807, 2.05) is 24.8 Å². The molecule has 0 saturated carbocycles. The van der Waals surface area contributed by atoms with Gasteiger partial charge in [-0.05, 0) is 43.2 Å². The van der Waals surface area contributed by atoms with Crippen molar-refractivity contribution < 1.29 is 9.90 Å². The molecule has 0 aromatic heterocycles. The van der Waals surface area contributed by atoms with Gasteiger partial charge in [-0.2, -0.15) is 11.8 Å². The van der Waals surface area contributed by atoms with Gasteiger partial charge in [0, 0.05) is 17.5 Å². The molecule has 92 valence electrons. The summed E-state index contributed by atoms with van der Waals surface area (Å²) < 4.78 is 0. The molecule has 1 aliphatic heterocycles. The summed E-state index contributed by atoms with van der Waals surface area (Å²) in [5, 5.41) is 12.4. The molecule has 0 bridgehead atoms. The van der Waals surface area contributed by atoms with Gasteiger partial charge in [0.1, 0.15) is 0 Å². The second kappa shape index (κ2) is 5.45. The lowest BCUT2D eigenvalue weighted by atomic mass is 10.1. The van der Waals surface area contributed by atoms with Crippen molar-refractivity contribution in [1.29, 1.82) is 0 Å². The number of carboxylic acid groups (broad SMARTS) is 1. The Morgan fingerprint density at radius 2 is 2.35 bits per heavy atom. The van der Waals surface area contributed by atoms with E-state index in [1.54, 1.807) is 12.1 Å². The molecule has 17 heavy (non-hydrogen) atoms. The van der Waals surface area contributed by atoms with Gasteiger partial charge in [-0.15, -0.1) is 0 Å². The molecule has 0 amide bonds. The molecule has 1 fully saturated rings. The van der Waals surface area contributed by atoms with E-state index in [0.29, 0.717) is 11.6 Å². The highest BCUT2D eigenvalue weighted by atomic mass is 32.2. The lowest BCUT2D eigenvalue weighted by Crippen LogP contribution is -2.26. The van der Waals surface area contributed by atoms with Crippen LogP contribution in [-0.2, 0) is 0 Å². The maximum Gasteiger partial charge on any atom is 0.335 e. The Labute approximate surface area is 106 Å². The van der Waals surface area contributed by atoms with E-state index < -0.39 is 5.97 Å². The fraction of sp³-hybridized carbons (Fsp3) is 0.462. The Kier molecular flexibility index (Phi) is 3.94. The maximum absolute atomic E-state index is 10.9. The normalized spacial score (nSPS) is 19.9. The standard InChI is InChI=1S/C13H17NO2S/c1-9-4-5-10(13(15)16)7-12(9)14-11-3-2-6-17-8-11/h4-5,7,11,14H,2-3,6,8H2,1H3,(H,15,16). The molecule has 0 spiro atoms. The number of hydrogen-bond acceptors (Lipinski definition) is 3. The maximum atomic E-state index is 10.9. The lowest BCUT2D eigenvalue weighted by molar-refractivity contribution is 0.0697. The monoisotopic (exact) mass is 251 g/mol. The Hall–Kier alpha value is -1.16. The van der Waals surface area contributed by atoms with Gasteiger partial charge in [-0.1, -0.05) is 6.07 Å². The zero-order valence-electron chi connectivity index (χ0n) is 9.90. The third-order valence-corrected chi connectivity index (χ3v) is 4.22. The Balaban J connectivity index is 2.13. The fourth-order valence-electron chi connectivity index (χ4n) is 1.99. The Morgan fingerprint density at radius 3 is 3.00 bits per heavy atom. The second-order valence-corrected chi connectivity index (χ2v) is 5.54. The number of carboxylic acids is 1. The fourth-order valence-corrected chi connectivity index (χ4v) is 3.06. The molecule has 3 nitrogen and oxygen atoms in total. The van der Waals surface area contributed by atoms with Crippen molar-refractivity contribution in [3.8, 4) is 0 Å². The van der Waals surface area contributed by atoms with Crippen molar-refractivity contribution in [2.45, 2.75) is 25.8 Å². The minimum absolute atomic E-state index is 0.349. The number of benzene rings is 1. The molecular formula is C13H17NO2S. The van der Waals surface area contributed by atoms with Crippen molar-refractivity contribution in [3.63, 3.8) is 0 Å². The molecule has 1 aromatic carbocycles. The molecule has 0 aliphatic carbocycles. The summed E-state index contributed by atoms with van der Waals surface area (Å²) in [5.74, 6) is 1.48. The SMILES string of the molecule is Cc1ccc(C(=O)O)cc1NC1CCCSC1. The van der Waals surface area contributed by atoms with Crippen molar-refractivity contribution in [2.75, 3.05) is 16.8 Å². The summed E-state index contributed by atoms with van der Waals surface area (Å²) in [7, 11) is 0. The van der Waals surface area contributed by atoms with Crippen molar-refractivity contribution in [2.24, 2.45) is 0 Å². The zero-order chi connectivity index (χ0) is 12.3. The smallest absolute Gasteiger partial charge is 0.335 e. The van der Waals surface area contributed by atoms with Crippen LogP contribution in [0.2, 0.25) is 0 Å². The van der Waals surface area contributed by atoms with Gasteiger partial charge in [0.15, 0.2) is 0 Å². The first-order valence-corrected chi connectivity index (χ1v) is 7.00. The first kappa shape index (κ1) is 12.3. The number of aryl methyl sites for hydroxylation is 1. The van der Waals surface area contributed by atoms with Crippen LogP contribution in [0, 0.1) is 6.92 Å². The van der Waals surface area contributed by atoms with E-state index in [-0.39, 0.29) is 0 Å². The molecule has 1 heterocycles. The highest BCUT2D eigenvalue weighted by Gasteiger charge is 2.15. The molecule has 4 heteroatoms. The number of aromatic carboxylic acids is 1. The molecule has 1 aromatic rings. The van der Waals surface area contributed by atoms with Gasteiger partial charge < -0.3 is 10.4 Å².